The van der Waals surface area contributed by atoms with E-state index in [4.69, 9.17) is 22.1 Å². The fourth-order valence-corrected chi connectivity index (χ4v) is 5.59. The molecule has 38 heavy (non-hydrogen) atoms. The number of hydrogen-bond donors (Lipinski definition) is 3. The fraction of sp³-hybridized carbons (Fsp3) is 0.214. The third-order valence-corrected chi connectivity index (χ3v) is 8.11. The Morgan fingerprint density at radius 2 is 1.92 bits per heavy atom. The number of fused-ring (bicyclic) bond motifs is 1. The second-order valence-corrected chi connectivity index (χ2v) is 11.0. The number of benzene rings is 3. The quantitative estimate of drug-likeness (QED) is 0.256. The maximum absolute atomic E-state index is 13.0. The third kappa shape index (κ3) is 4.70. The molecule has 2 aliphatic rings. The smallest absolute Gasteiger partial charge is 0.257 e. The predicted molar refractivity (Wildman–Crippen MR) is 147 cm³/mol. The van der Waals surface area contributed by atoms with Crippen molar-refractivity contribution >= 4 is 55.8 Å². The topological polar surface area (TPSA) is 130 Å². The molecule has 1 heterocycles. The largest absolute Gasteiger partial charge is 0.456 e. The Labute approximate surface area is 227 Å². The van der Waals surface area contributed by atoms with E-state index in [1.54, 1.807) is 48.5 Å². The molecule has 8 nitrogen and oxygen atoms in total. The van der Waals surface area contributed by atoms with Crippen LogP contribution in [0, 0.1) is 17.2 Å². The lowest BCUT2D eigenvalue weighted by atomic mass is 10.0. The molecule has 0 aliphatic heterocycles. The van der Waals surface area contributed by atoms with E-state index in [0.29, 0.717) is 48.7 Å². The van der Waals surface area contributed by atoms with Crippen LogP contribution in [0.4, 0.5) is 10.8 Å². The van der Waals surface area contributed by atoms with Gasteiger partial charge in [0.05, 0.1) is 20.8 Å². The normalized spacial score (nSPS) is 15.5. The van der Waals surface area contributed by atoms with E-state index >= 15 is 0 Å². The number of hydrogen-bond acceptors (Lipinski definition) is 7. The van der Waals surface area contributed by atoms with Gasteiger partial charge in [0.2, 0.25) is 5.91 Å². The van der Waals surface area contributed by atoms with Gasteiger partial charge in [-0.05, 0) is 61.6 Å². The van der Waals surface area contributed by atoms with Gasteiger partial charge in [-0.2, -0.15) is 5.26 Å². The first-order valence-corrected chi connectivity index (χ1v) is 13.4. The Balaban J connectivity index is 1.22. The van der Waals surface area contributed by atoms with Crippen LogP contribution in [0.25, 0.3) is 10.2 Å². The average molecular weight is 544 g/mol. The summed E-state index contributed by atoms with van der Waals surface area (Å²) in [5.41, 5.74) is 8.40. The summed E-state index contributed by atoms with van der Waals surface area (Å²) in [6.45, 7) is 0. The molecule has 10 heteroatoms. The van der Waals surface area contributed by atoms with Crippen molar-refractivity contribution in [2.24, 2.45) is 11.7 Å². The SMILES string of the molecule is N#Cc1c(Oc2cccc(NC(=O)c3cccc(C4(N)CC4)c3Cl)c2)ccc2nc(NC(=O)C3CC3)sc12. The number of halogens is 1. The van der Waals surface area contributed by atoms with Gasteiger partial charge >= 0.3 is 0 Å². The van der Waals surface area contributed by atoms with Crippen LogP contribution in [0.3, 0.4) is 0 Å². The van der Waals surface area contributed by atoms with Crippen molar-refractivity contribution in [3.63, 3.8) is 0 Å². The molecule has 0 saturated heterocycles. The van der Waals surface area contributed by atoms with Crippen molar-refractivity contribution in [1.82, 2.24) is 4.98 Å². The number of nitrogens with one attached hydrogen (secondary N) is 2. The Kier molecular flexibility index (Phi) is 6.03. The lowest BCUT2D eigenvalue weighted by molar-refractivity contribution is -0.117. The van der Waals surface area contributed by atoms with E-state index in [-0.39, 0.29) is 17.7 Å². The van der Waals surface area contributed by atoms with Gasteiger partial charge in [0.1, 0.15) is 23.1 Å². The molecule has 2 aliphatic carbocycles. The van der Waals surface area contributed by atoms with Gasteiger partial charge < -0.3 is 21.1 Å². The molecular formula is C28H22ClN5O3S. The highest BCUT2D eigenvalue weighted by Crippen LogP contribution is 2.46. The summed E-state index contributed by atoms with van der Waals surface area (Å²) in [5.74, 6) is 0.438. The zero-order chi connectivity index (χ0) is 26.4. The van der Waals surface area contributed by atoms with Gasteiger partial charge in [-0.3, -0.25) is 9.59 Å². The number of nitrogens with two attached hydrogens (primary N) is 1. The zero-order valence-electron chi connectivity index (χ0n) is 20.1. The Bertz CT molecular complexity index is 1650. The van der Waals surface area contributed by atoms with Crippen LogP contribution in [-0.4, -0.2) is 16.8 Å². The predicted octanol–water partition coefficient (Wildman–Crippen LogP) is 6.16. The molecule has 2 saturated carbocycles. The molecule has 6 rings (SSSR count). The summed E-state index contributed by atoms with van der Waals surface area (Å²) in [4.78, 5) is 29.6. The zero-order valence-corrected chi connectivity index (χ0v) is 21.7. The molecule has 4 N–H and O–H groups in total. The minimum absolute atomic E-state index is 0.0408. The molecule has 4 aromatic rings. The lowest BCUT2D eigenvalue weighted by Gasteiger charge is -2.15. The highest BCUT2D eigenvalue weighted by atomic mass is 35.5. The number of ether oxygens (including phenoxy) is 1. The summed E-state index contributed by atoms with van der Waals surface area (Å²) < 4.78 is 6.67. The van der Waals surface area contributed by atoms with E-state index in [2.05, 4.69) is 21.7 Å². The first-order chi connectivity index (χ1) is 18.3. The Hall–Kier alpha value is -3.97. The average Bonchev–Trinajstić information content (AvgIpc) is 3.83. The number of amides is 2. The van der Waals surface area contributed by atoms with Crippen molar-refractivity contribution in [2.75, 3.05) is 10.6 Å². The molecule has 0 bridgehead atoms. The Morgan fingerprint density at radius 3 is 2.66 bits per heavy atom. The number of aromatic nitrogens is 1. The number of nitrogens with zero attached hydrogens (tertiary/aromatic N) is 2. The van der Waals surface area contributed by atoms with Crippen molar-refractivity contribution in [1.29, 1.82) is 5.26 Å². The fourth-order valence-electron chi connectivity index (χ4n) is 4.23. The molecule has 0 atom stereocenters. The molecule has 190 valence electrons. The van der Waals surface area contributed by atoms with Crippen LogP contribution in [0.5, 0.6) is 11.5 Å². The van der Waals surface area contributed by atoms with Crippen molar-refractivity contribution in [2.45, 2.75) is 31.2 Å². The first kappa shape index (κ1) is 24.4. The molecule has 0 radical (unpaired) electrons. The second-order valence-electron chi connectivity index (χ2n) is 9.59. The number of anilines is 2. The molecule has 0 spiro atoms. The van der Waals surface area contributed by atoms with Gasteiger partial charge in [-0.1, -0.05) is 41.1 Å². The monoisotopic (exact) mass is 543 g/mol. The van der Waals surface area contributed by atoms with E-state index < -0.39 is 5.54 Å². The molecule has 3 aromatic carbocycles. The molecule has 0 unspecified atom stereocenters. The summed E-state index contributed by atoms with van der Waals surface area (Å²) in [6.07, 6.45) is 3.47. The van der Waals surface area contributed by atoms with Gasteiger partial charge in [0, 0.05) is 23.2 Å². The highest BCUT2D eigenvalue weighted by molar-refractivity contribution is 7.22. The van der Waals surface area contributed by atoms with Gasteiger partial charge in [0.15, 0.2) is 5.13 Å². The van der Waals surface area contributed by atoms with E-state index in [1.807, 2.05) is 6.07 Å². The maximum Gasteiger partial charge on any atom is 0.257 e. The number of nitriles is 1. The first-order valence-electron chi connectivity index (χ1n) is 12.2. The van der Waals surface area contributed by atoms with Gasteiger partial charge in [-0.15, -0.1) is 0 Å². The second kappa shape index (κ2) is 9.40. The third-order valence-electron chi connectivity index (χ3n) is 6.70. The highest BCUT2D eigenvalue weighted by Gasteiger charge is 2.42. The maximum atomic E-state index is 13.0. The minimum atomic E-state index is -0.456. The van der Waals surface area contributed by atoms with Crippen LogP contribution >= 0.6 is 22.9 Å². The van der Waals surface area contributed by atoms with Crippen LogP contribution < -0.4 is 21.1 Å². The summed E-state index contributed by atoms with van der Waals surface area (Å²) in [7, 11) is 0. The number of thiazole rings is 1. The van der Waals surface area contributed by atoms with Crippen LogP contribution in [-0.2, 0) is 10.3 Å². The minimum Gasteiger partial charge on any atom is -0.456 e. The van der Waals surface area contributed by atoms with Crippen molar-refractivity contribution in [3.05, 3.63) is 76.3 Å². The van der Waals surface area contributed by atoms with Crippen LogP contribution in [0.1, 0.15) is 47.2 Å². The van der Waals surface area contributed by atoms with Gasteiger partial charge in [0.25, 0.3) is 5.91 Å². The van der Waals surface area contributed by atoms with Gasteiger partial charge in [-0.25, -0.2) is 4.98 Å². The molecular weight excluding hydrogens is 522 g/mol. The molecule has 2 fully saturated rings. The van der Waals surface area contributed by atoms with Crippen LogP contribution in [0.2, 0.25) is 5.02 Å². The molecule has 2 amide bonds. The number of carbonyl (C=O) groups is 2. The summed E-state index contributed by atoms with van der Waals surface area (Å²) in [6, 6.07) is 17.8. The number of carbonyl (C=O) groups excluding carboxylic acids is 2. The number of rotatable bonds is 7. The lowest BCUT2D eigenvalue weighted by Crippen LogP contribution is -2.21. The summed E-state index contributed by atoms with van der Waals surface area (Å²) in [5, 5.41) is 16.4. The summed E-state index contributed by atoms with van der Waals surface area (Å²) >= 11 is 7.78. The van der Waals surface area contributed by atoms with Crippen molar-refractivity contribution in [3.8, 4) is 17.6 Å². The van der Waals surface area contributed by atoms with E-state index in [0.717, 1.165) is 31.2 Å². The van der Waals surface area contributed by atoms with E-state index in [9.17, 15) is 14.9 Å². The Morgan fingerprint density at radius 1 is 1.13 bits per heavy atom. The van der Waals surface area contributed by atoms with E-state index in [1.165, 1.54) is 11.3 Å². The molecule has 1 aromatic heterocycles. The van der Waals surface area contributed by atoms with Crippen molar-refractivity contribution < 1.29 is 14.3 Å². The van der Waals surface area contributed by atoms with Crippen LogP contribution in [0.15, 0.2) is 54.6 Å². The standard InChI is InChI=1S/C28H22ClN5O3S/c29-23-18(5-2-6-20(23)28(31)11-12-28)26(36)32-16-3-1-4-17(13-16)37-22-10-9-21-24(19(22)14-30)38-27(33-21)34-25(35)15-7-8-15/h1-6,9-10,13,15H,7-8,11-12,31H2,(H,32,36)(H,33,34,35).